The molecule has 17 heavy (non-hydrogen) atoms. The molecule has 0 aliphatic heterocycles. The number of rotatable bonds is 4. The number of carbonyl (C=O) groups is 1. The van der Waals surface area contributed by atoms with E-state index in [1.165, 1.54) is 0 Å². The summed E-state index contributed by atoms with van der Waals surface area (Å²) in [5, 5.41) is 2.89. The first kappa shape index (κ1) is 13.6. The van der Waals surface area contributed by atoms with Crippen LogP contribution in [0.4, 0.5) is 5.69 Å². The van der Waals surface area contributed by atoms with Crippen LogP contribution < -0.4 is 11.1 Å². The summed E-state index contributed by atoms with van der Waals surface area (Å²) in [5.41, 5.74) is 8.21. The lowest BCUT2D eigenvalue weighted by atomic mass is 10.00. The lowest BCUT2D eigenvalue weighted by molar-refractivity contribution is -0.116. The molecular formula is C13H21N3O. The van der Waals surface area contributed by atoms with E-state index < -0.39 is 0 Å². The molecule has 3 N–H and O–H groups in total. The number of anilines is 1. The SMILES string of the molecule is Cc1ccnc(C)c1NC(=O)CCC(C)(C)N. The molecule has 0 aliphatic carbocycles. The Morgan fingerprint density at radius 1 is 1.47 bits per heavy atom. The highest BCUT2D eigenvalue weighted by Crippen LogP contribution is 2.18. The molecule has 0 saturated heterocycles. The Labute approximate surface area is 103 Å². The van der Waals surface area contributed by atoms with Gasteiger partial charge in [-0.15, -0.1) is 0 Å². The van der Waals surface area contributed by atoms with E-state index in [4.69, 9.17) is 5.73 Å². The number of nitrogens with zero attached hydrogens (tertiary/aromatic N) is 1. The molecule has 0 aliphatic rings. The zero-order valence-corrected chi connectivity index (χ0v) is 11.0. The molecule has 1 aromatic rings. The van der Waals surface area contributed by atoms with Crippen molar-refractivity contribution in [2.75, 3.05) is 5.32 Å². The van der Waals surface area contributed by atoms with Crippen molar-refractivity contribution in [3.63, 3.8) is 0 Å². The maximum atomic E-state index is 11.8. The third-order valence-electron chi connectivity index (χ3n) is 2.61. The summed E-state index contributed by atoms with van der Waals surface area (Å²) in [5.74, 6) is -0.0114. The maximum Gasteiger partial charge on any atom is 0.224 e. The number of aryl methyl sites for hydroxylation is 2. The Kier molecular flexibility index (Phi) is 4.23. The number of amides is 1. The molecule has 4 nitrogen and oxygen atoms in total. The standard InChI is InChI=1S/C13H21N3O/c1-9-6-8-15-10(2)12(9)16-11(17)5-7-13(3,4)14/h6,8H,5,7,14H2,1-4H3,(H,16,17). The maximum absolute atomic E-state index is 11.8. The highest BCUT2D eigenvalue weighted by atomic mass is 16.1. The van der Waals surface area contributed by atoms with Crippen LogP contribution in [-0.2, 0) is 4.79 Å². The number of hydrogen-bond acceptors (Lipinski definition) is 3. The molecule has 0 aromatic carbocycles. The van der Waals surface area contributed by atoms with Crippen LogP contribution in [0.2, 0.25) is 0 Å². The average molecular weight is 235 g/mol. The van der Waals surface area contributed by atoms with Crippen LogP contribution in [-0.4, -0.2) is 16.4 Å². The van der Waals surface area contributed by atoms with Gasteiger partial charge in [-0.25, -0.2) is 0 Å². The van der Waals surface area contributed by atoms with Gasteiger partial charge >= 0.3 is 0 Å². The van der Waals surface area contributed by atoms with Crippen LogP contribution in [0.3, 0.4) is 0 Å². The van der Waals surface area contributed by atoms with Gasteiger partial charge in [-0.05, 0) is 45.7 Å². The van der Waals surface area contributed by atoms with Gasteiger partial charge in [0, 0.05) is 18.2 Å². The molecule has 0 radical (unpaired) electrons. The molecule has 94 valence electrons. The van der Waals surface area contributed by atoms with E-state index in [9.17, 15) is 4.79 Å². The second-order valence-electron chi connectivity index (χ2n) is 5.13. The third kappa shape index (κ3) is 4.53. The monoisotopic (exact) mass is 235 g/mol. The molecule has 1 aromatic heterocycles. The molecule has 1 amide bonds. The zero-order valence-electron chi connectivity index (χ0n) is 11.0. The minimum Gasteiger partial charge on any atom is -0.326 e. The van der Waals surface area contributed by atoms with E-state index >= 15 is 0 Å². The normalized spacial score (nSPS) is 11.4. The first-order chi connectivity index (χ1) is 7.79. The second-order valence-corrected chi connectivity index (χ2v) is 5.13. The van der Waals surface area contributed by atoms with Gasteiger partial charge in [-0.2, -0.15) is 0 Å². The van der Waals surface area contributed by atoms with Gasteiger partial charge in [-0.1, -0.05) is 0 Å². The molecule has 0 spiro atoms. The zero-order chi connectivity index (χ0) is 13.1. The van der Waals surface area contributed by atoms with Crippen LogP contribution in [0, 0.1) is 13.8 Å². The summed E-state index contributed by atoms with van der Waals surface area (Å²) in [4.78, 5) is 15.9. The molecule has 0 unspecified atom stereocenters. The molecule has 1 rings (SSSR count). The van der Waals surface area contributed by atoms with Crippen molar-refractivity contribution in [2.45, 2.75) is 46.1 Å². The van der Waals surface area contributed by atoms with Crippen molar-refractivity contribution in [1.82, 2.24) is 4.98 Å². The first-order valence-electron chi connectivity index (χ1n) is 5.80. The molecule has 0 bridgehead atoms. The number of pyridine rings is 1. The summed E-state index contributed by atoms with van der Waals surface area (Å²) < 4.78 is 0. The fraction of sp³-hybridized carbons (Fsp3) is 0.538. The highest BCUT2D eigenvalue weighted by molar-refractivity contribution is 5.92. The van der Waals surface area contributed by atoms with E-state index in [1.54, 1.807) is 6.20 Å². The minimum atomic E-state index is -0.309. The van der Waals surface area contributed by atoms with Crippen molar-refractivity contribution < 1.29 is 4.79 Å². The summed E-state index contributed by atoms with van der Waals surface area (Å²) >= 11 is 0. The van der Waals surface area contributed by atoms with E-state index in [0.29, 0.717) is 12.8 Å². The molecule has 4 heteroatoms. The van der Waals surface area contributed by atoms with Crippen molar-refractivity contribution >= 4 is 11.6 Å². The highest BCUT2D eigenvalue weighted by Gasteiger charge is 2.14. The van der Waals surface area contributed by atoms with E-state index in [-0.39, 0.29) is 11.4 Å². The Bertz CT molecular complexity index is 387. The van der Waals surface area contributed by atoms with Crippen molar-refractivity contribution in [3.05, 3.63) is 23.5 Å². The van der Waals surface area contributed by atoms with Crippen molar-refractivity contribution in [3.8, 4) is 0 Å². The number of nitrogens with two attached hydrogens (primary N) is 1. The van der Waals surface area contributed by atoms with Gasteiger partial charge in [0.15, 0.2) is 0 Å². The predicted molar refractivity (Wildman–Crippen MR) is 69.8 cm³/mol. The van der Waals surface area contributed by atoms with Gasteiger partial charge in [-0.3, -0.25) is 9.78 Å². The largest absolute Gasteiger partial charge is 0.326 e. The summed E-state index contributed by atoms with van der Waals surface area (Å²) in [7, 11) is 0. The summed E-state index contributed by atoms with van der Waals surface area (Å²) in [6, 6.07) is 1.88. The van der Waals surface area contributed by atoms with Crippen LogP contribution in [0.15, 0.2) is 12.3 Å². The van der Waals surface area contributed by atoms with Crippen LogP contribution in [0.5, 0.6) is 0 Å². The number of nitrogens with one attached hydrogen (secondary N) is 1. The number of aromatic nitrogens is 1. The third-order valence-corrected chi connectivity index (χ3v) is 2.61. The lowest BCUT2D eigenvalue weighted by Gasteiger charge is -2.18. The van der Waals surface area contributed by atoms with Gasteiger partial charge in [0.25, 0.3) is 0 Å². The van der Waals surface area contributed by atoms with E-state index in [0.717, 1.165) is 16.9 Å². The smallest absolute Gasteiger partial charge is 0.224 e. The molecule has 0 atom stereocenters. The molecule has 0 saturated carbocycles. The quantitative estimate of drug-likeness (QED) is 0.840. The van der Waals surface area contributed by atoms with Gasteiger partial charge in [0.2, 0.25) is 5.91 Å². The van der Waals surface area contributed by atoms with Crippen LogP contribution in [0.1, 0.15) is 37.9 Å². The second kappa shape index (κ2) is 5.27. The van der Waals surface area contributed by atoms with Crippen molar-refractivity contribution in [1.29, 1.82) is 0 Å². The first-order valence-corrected chi connectivity index (χ1v) is 5.80. The minimum absolute atomic E-state index is 0.0114. The topological polar surface area (TPSA) is 68.0 Å². The Balaban J connectivity index is 2.63. The van der Waals surface area contributed by atoms with Gasteiger partial charge in [0.1, 0.15) is 0 Å². The van der Waals surface area contributed by atoms with Gasteiger partial charge < -0.3 is 11.1 Å². The van der Waals surface area contributed by atoms with Crippen LogP contribution >= 0.6 is 0 Å². The summed E-state index contributed by atoms with van der Waals surface area (Å²) in [6.45, 7) is 7.67. The fourth-order valence-electron chi connectivity index (χ4n) is 1.52. The molecular weight excluding hydrogens is 214 g/mol. The van der Waals surface area contributed by atoms with E-state index in [1.807, 2.05) is 33.8 Å². The molecule has 1 heterocycles. The molecule has 0 fully saturated rings. The Hall–Kier alpha value is -1.42. The van der Waals surface area contributed by atoms with E-state index in [2.05, 4.69) is 10.3 Å². The summed E-state index contributed by atoms with van der Waals surface area (Å²) in [6.07, 6.45) is 2.83. The van der Waals surface area contributed by atoms with Crippen LogP contribution in [0.25, 0.3) is 0 Å². The number of carbonyl (C=O) groups excluding carboxylic acids is 1. The van der Waals surface area contributed by atoms with Crippen molar-refractivity contribution in [2.24, 2.45) is 5.73 Å². The Morgan fingerprint density at radius 3 is 2.65 bits per heavy atom. The lowest BCUT2D eigenvalue weighted by Crippen LogP contribution is -2.33. The Morgan fingerprint density at radius 2 is 2.12 bits per heavy atom. The average Bonchev–Trinajstić information content (AvgIpc) is 2.20. The fourth-order valence-corrected chi connectivity index (χ4v) is 1.52. The predicted octanol–water partition coefficient (Wildman–Crippen LogP) is 2.15. The van der Waals surface area contributed by atoms with Gasteiger partial charge in [0.05, 0.1) is 11.4 Å². The number of hydrogen-bond donors (Lipinski definition) is 2.